The number of unbranched alkanes of at least 4 members (excludes halogenated alkanes) is 1. The maximum atomic E-state index is 10.4. The fourth-order valence-corrected chi connectivity index (χ4v) is 0.877. The first-order valence-corrected chi connectivity index (χ1v) is 4.70. The number of hydrogen-bond donors (Lipinski definition) is 0. The summed E-state index contributed by atoms with van der Waals surface area (Å²) in [6, 6.07) is 0. The van der Waals surface area contributed by atoms with E-state index in [4.69, 9.17) is 0 Å². The molecule has 0 fully saturated rings. The first kappa shape index (κ1) is 10.3. The molecule has 0 amide bonds. The Balaban J connectivity index is 3.49. The van der Waals surface area contributed by atoms with E-state index in [9.17, 15) is 8.42 Å². The Hall–Kier alpha value is 0.300. The molecule has 0 N–H and O–H groups in total. The van der Waals surface area contributed by atoms with Crippen molar-refractivity contribution in [1.82, 2.24) is 0 Å². The van der Waals surface area contributed by atoms with E-state index in [2.05, 4.69) is 8.15 Å². The van der Waals surface area contributed by atoms with E-state index in [1.54, 1.807) is 9.47 Å². The topological polar surface area (TPSA) is 52.6 Å². The molecule has 0 aromatic carbocycles. The van der Waals surface area contributed by atoms with Crippen molar-refractivity contribution in [1.29, 1.82) is 0 Å². The predicted molar refractivity (Wildman–Crippen MR) is 40.6 cm³/mol. The lowest BCUT2D eigenvalue weighted by molar-refractivity contribution is 0.276. The average molecular weight is 186 g/mol. The van der Waals surface area contributed by atoms with Gasteiger partial charge in [-0.1, -0.05) is 13.3 Å². The quantitative estimate of drug-likeness (QED) is 0.472. The van der Waals surface area contributed by atoms with Gasteiger partial charge in [-0.05, 0) is 6.42 Å². The molecule has 0 radical (unpaired) electrons. The van der Waals surface area contributed by atoms with Gasteiger partial charge in [0.15, 0.2) is 0 Å². The van der Waals surface area contributed by atoms with Crippen LogP contribution in [-0.2, 0) is 18.6 Å². The molecule has 0 aliphatic carbocycles. The van der Waals surface area contributed by atoms with Gasteiger partial charge in [0.25, 0.3) is 0 Å². The molecule has 0 rings (SSSR count). The summed E-state index contributed by atoms with van der Waals surface area (Å²) in [5.74, 6) is 0. The zero-order valence-corrected chi connectivity index (χ0v) is 7.71. The second kappa shape index (κ2) is 5.02. The van der Waals surface area contributed by atoms with Gasteiger partial charge >= 0.3 is 10.4 Å². The Morgan fingerprint density at radius 3 is 2.50 bits per heavy atom. The molecule has 0 saturated carbocycles. The Labute approximate surface area is 63.5 Å². The predicted octanol–water partition coefficient (Wildman–Crippen LogP) is 0.855. The Morgan fingerprint density at radius 1 is 1.50 bits per heavy atom. The largest absolute Gasteiger partial charge is 0.402 e. The zero-order chi connectivity index (χ0) is 8.04. The van der Waals surface area contributed by atoms with Crippen LogP contribution < -0.4 is 0 Å². The van der Waals surface area contributed by atoms with Crippen molar-refractivity contribution in [3.8, 4) is 0 Å². The smallest absolute Gasteiger partial charge is 0.248 e. The van der Waals surface area contributed by atoms with Gasteiger partial charge < -0.3 is 0 Å². The van der Waals surface area contributed by atoms with Crippen LogP contribution in [0.25, 0.3) is 0 Å². The molecule has 0 aromatic rings. The lowest BCUT2D eigenvalue weighted by atomic mass is 10.4. The molecule has 0 aliphatic heterocycles. The van der Waals surface area contributed by atoms with Gasteiger partial charge in [0.05, 0.1) is 6.61 Å². The van der Waals surface area contributed by atoms with Crippen molar-refractivity contribution in [2.75, 3.05) is 6.61 Å². The fourth-order valence-electron chi connectivity index (χ4n) is 0.333. The molecule has 4 nitrogen and oxygen atoms in total. The van der Waals surface area contributed by atoms with E-state index < -0.39 is 10.4 Å². The van der Waals surface area contributed by atoms with Crippen molar-refractivity contribution in [3.63, 3.8) is 0 Å². The molecule has 0 spiro atoms. The van der Waals surface area contributed by atoms with Crippen molar-refractivity contribution in [2.45, 2.75) is 19.8 Å². The molecule has 6 heteroatoms. The van der Waals surface area contributed by atoms with Gasteiger partial charge in [-0.25, -0.2) is 8.15 Å². The summed E-state index contributed by atoms with van der Waals surface area (Å²) in [6.45, 7) is 2.13. The lowest BCUT2D eigenvalue weighted by Crippen LogP contribution is -2.05. The molecule has 62 valence electrons. The summed E-state index contributed by atoms with van der Waals surface area (Å²) < 4.78 is 29.1. The van der Waals surface area contributed by atoms with E-state index in [1.807, 2.05) is 6.92 Å². The minimum Gasteiger partial charge on any atom is -0.248 e. The third-order valence-corrected chi connectivity index (χ3v) is 2.24. The van der Waals surface area contributed by atoms with Crippen LogP contribution in [0.15, 0.2) is 0 Å². The van der Waals surface area contributed by atoms with Gasteiger partial charge in [-0.2, -0.15) is 8.42 Å². The summed E-state index contributed by atoms with van der Waals surface area (Å²) in [4.78, 5) is 0. The first-order valence-electron chi connectivity index (χ1n) is 2.90. The minimum absolute atomic E-state index is 0.188. The van der Waals surface area contributed by atoms with E-state index >= 15 is 0 Å². The highest BCUT2D eigenvalue weighted by Crippen LogP contribution is 2.02. The standard InChI is InChI=1S/C4H11O4PS/c1-2-3-4-7-10(5,6)8-9/h2-4,9H2,1H3. The van der Waals surface area contributed by atoms with E-state index in [-0.39, 0.29) is 6.61 Å². The van der Waals surface area contributed by atoms with Crippen molar-refractivity contribution >= 4 is 19.9 Å². The normalized spacial score (nSPS) is 11.8. The summed E-state index contributed by atoms with van der Waals surface area (Å²) in [7, 11) is -2.11. The van der Waals surface area contributed by atoms with Gasteiger partial charge in [-0.3, -0.25) is 0 Å². The highest BCUT2D eigenvalue weighted by molar-refractivity contribution is 7.84. The fraction of sp³-hybridized carbons (Fsp3) is 1.00. The van der Waals surface area contributed by atoms with Crippen LogP contribution in [0.3, 0.4) is 0 Å². The molecule has 0 heterocycles. The van der Waals surface area contributed by atoms with Crippen LogP contribution in [0.4, 0.5) is 0 Å². The molecule has 0 aliphatic rings. The molecule has 10 heavy (non-hydrogen) atoms. The molecular formula is C4H11O4PS. The maximum absolute atomic E-state index is 10.4. The van der Waals surface area contributed by atoms with Gasteiger partial charge in [0, 0.05) is 9.47 Å². The van der Waals surface area contributed by atoms with Gasteiger partial charge in [-0.15, -0.1) is 0 Å². The average Bonchev–Trinajstić information content (AvgIpc) is 1.89. The maximum Gasteiger partial charge on any atom is 0.402 e. The molecule has 0 saturated heterocycles. The third-order valence-electron chi connectivity index (χ3n) is 0.843. The molecular weight excluding hydrogens is 175 g/mol. The monoisotopic (exact) mass is 186 g/mol. The summed E-state index contributed by atoms with van der Waals surface area (Å²) >= 11 is 0. The van der Waals surface area contributed by atoms with Crippen molar-refractivity contribution < 1.29 is 16.6 Å². The molecule has 0 aromatic heterocycles. The summed E-state index contributed by atoms with van der Waals surface area (Å²) in [6.07, 6.45) is 1.61. The minimum atomic E-state index is -3.73. The van der Waals surface area contributed by atoms with Gasteiger partial charge in [0.2, 0.25) is 0 Å². The highest BCUT2D eigenvalue weighted by atomic mass is 32.3. The van der Waals surface area contributed by atoms with Crippen LogP contribution in [0.2, 0.25) is 0 Å². The Morgan fingerprint density at radius 2 is 2.10 bits per heavy atom. The Bertz CT molecular complexity index is 164. The summed E-state index contributed by atoms with van der Waals surface area (Å²) in [5.41, 5.74) is 0. The van der Waals surface area contributed by atoms with Crippen LogP contribution in [0.5, 0.6) is 0 Å². The van der Waals surface area contributed by atoms with Crippen LogP contribution in [-0.4, -0.2) is 15.0 Å². The third kappa shape index (κ3) is 5.11. The first-order chi connectivity index (χ1) is 4.62. The SMILES string of the molecule is CCCCOS(=O)(=O)OP. The lowest BCUT2D eigenvalue weighted by Gasteiger charge is -1.99. The van der Waals surface area contributed by atoms with Crippen LogP contribution >= 0.6 is 9.47 Å². The van der Waals surface area contributed by atoms with Crippen LogP contribution in [0.1, 0.15) is 19.8 Å². The highest BCUT2D eigenvalue weighted by Gasteiger charge is 2.06. The number of rotatable bonds is 5. The van der Waals surface area contributed by atoms with E-state index in [0.717, 1.165) is 6.42 Å². The Kier molecular flexibility index (Phi) is 5.17. The van der Waals surface area contributed by atoms with Gasteiger partial charge in [0.1, 0.15) is 0 Å². The second-order valence-corrected chi connectivity index (χ2v) is 3.50. The van der Waals surface area contributed by atoms with Crippen molar-refractivity contribution in [3.05, 3.63) is 0 Å². The van der Waals surface area contributed by atoms with E-state index in [0.29, 0.717) is 6.42 Å². The number of hydrogen-bond acceptors (Lipinski definition) is 4. The molecule has 1 atom stereocenters. The van der Waals surface area contributed by atoms with E-state index in [1.165, 1.54) is 0 Å². The molecule has 1 unspecified atom stereocenters. The zero-order valence-electron chi connectivity index (χ0n) is 5.74. The molecule has 0 bridgehead atoms. The summed E-state index contributed by atoms with van der Waals surface area (Å²) in [5, 5.41) is 0. The van der Waals surface area contributed by atoms with Crippen LogP contribution in [0, 0.1) is 0 Å². The van der Waals surface area contributed by atoms with Crippen molar-refractivity contribution in [2.24, 2.45) is 0 Å². The second-order valence-electron chi connectivity index (χ2n) is 1.68.